The molecule has 0 fully saturated rings. The third kappa shape index (κ3) is 6.05. The highest BCUT2D eigenvalue weighted by Gasteiger charge is 2.18. The fraction of sp³-hybridized carbons (Fsp3) is 0.0400. The molecule has 1 amide bonds. The minimum atomic E-state index is -3.77. The number of anilines is 2. The van der Waals surface area contributed by atoms with Crippen LogP contribution in [0, 0.1) is 0 Å². The molecule has 2 aromatic heterocycles. The van der Waals surface area contributed by atoms with E-state index in [1.54, 1.807) is 11.4 Å². The van der Waals surface area contributed by atoms with Crippen molar-refractivity contribution in [1.29, 1.82) is 0 Å². The van der Waals surface area contributed by atoms with E-state index in [-0.39, 0.29) is 21.7 Å². The van der Waals surface area contributed by atoms with Crippen LogP contribution >= 0.6 is 34.7 Å². The second kappa shape index (κ2) is 11.4. The molecular formula is C25H19ClN6O3S3. The number of nitrogens with zero attached hydrogens (tertiary/aromatic N) is 4. The molecule has 0 unspecified atom stereocenters. The number of rotatable bonds is 9. The molecule has 13 heteroatoms. The Bertz CT molecular complexity index is 1660. The summed E-state index contributed by atoms with van der Waals surface area (Å²) in [5.74, 6) is 0.384. The Morgan fingerprint density at radius 3 is 2.50 bits per heavy atom. The number of hydrogen-bond acceptors (Lipinski definition) is 8. The largest absolute Gasteiger partial charge is 0.325 e. The smallest absolute Gasteiger partial charge is 0.263 e. The van der Waals surface area contributed by atoms with Crippen molar-refractivity contribution in [3.63, 3.8) is 0 Å². The monoisotopic (exact) mass is 582 g/mol. The second-order valence-electron chi connectivity index (χ2n) is 7.79. The van der Waals surface area contributed by atoms with Crippen LogP contribution < -0.4 is 10.0 Å². The van der Waals surface area contributed by atoms with Crippen molar-refractivity contribution in [2.75, 3.05) is 15.8 Å². The highest BCUT2D eigenvalue weighted by molar-refractivity contribution is 7.99. The number of aromatic nitrogens is 4. The predicted molar refractivity (Wildman–Crippen MR) is 151 cm³/mol. The number of benzene rings is 3. The van der Waals surface area contributed by atoms with Gasteiger partial charge in [-0.1, -0.05) is 53.7 Å². The molecule has 0 radical (unpaired) electrons. The van der Waals surface area contributed by atoms with Gasteiger partial charge in [0, 0.05) is 33.5 Å². The zero-order chi connectivity index (χ0) is 26.5. The van der Waals surface area contributed by atoms with Gasteiger partial charge in [-0.05, 0) is 48.5 Å². The van der Waals surface area contributed by atoms with E-state index in [2.05, 4.69) is 25.2 Å². The van der Waals surface area contributed by atoms with E-state index in [0.717, 1.165) is 11.3 Å². The molecule has 0 saturated carbocycles. The predicted octanol–water partition coefficient (Wildman–Crippen LogP) is 5.58. The zero-order valence-electron chi connectivity index (χ0n) is 19.5. The lowest BCUT2D eigenvalue weighted by Gasteiger charge is -2.11. The van der Waals surface area contributed by atoms with Gasteiger partial charge in [0.05, 0.1) is 10.6 Å². The number of carbonyl (C=O) groups is 1. The van der Waals surface area contributed by atoms with Gasteiger partial charge in [-0.15, -0.1) is 21.5 Å². The Balaban J connectivity index is 1.28. The summed E-state index contributed by atoms with van der Waals surface area (Å²) in [6.45, 7) is 0. The second-order valence-corrected chi connectivity index (χ2v) is 11.7. The van der Waals surface area contributed by atoms with Crippen LogP contribution in [0.15, 0.2) is 100 Å². The van der Waals surface area contributed by atoms with Gasteiger partial charge in [0.25, 0.3) is 10.0 Å². The maximum atomic E-state index is 12.7. The van der Waals surface area contributed by atoms with E-state index in [1.165, 1.54) is 53.6 Å². The number of hydrogen-bond donors (Lipinski definition) is 2. The van der Waals surface area contributed by atoms with Crippen molar-refractivity contribution in [3.8, 4) is 17.1 Å². The average molecular weight is 583 g/mol. The molecule has 0 spiro atoms. The first kappa shape index (κ1) is 25.9. The molecule has 9 nitrogen and oxygen atoms in total. The average Bonchev–Trinajstić information content (AvgIpc) is 3.58. The van der Waals surface area contributed by atoms with Gasteiger partial charge >= 0.3 is 0 Å². The molecule has 5 aromatic rings. The van der Waals surface area contributed by atoms with Crippen LogP contribution in [0.5, 0.6) is 0 Å². The lowest BCUT2D eigenvalue weighted by Crippen LogP contribution is -2.15. The topological polar surface area (TPSA) is 119 Å². The van der Waals surface area contributed by atoms with E-state index in [9.17, 15) is 13.2 Å². The number of thioether (sulfide) groups is 1. The summed E-state index contributed by atoms with van der Waals surface area (Å²) in [5, 5.41) is 14.5. The SMILES string of the molecule is O=C(CSc1nnc(-c2cccc(Cl)c2)n1-c1ccccc1)Nc1ccc(S(=O)(=O)Nc2nccs2)cc1. The van der Waals surface area contributed by atoms with Crippen molar-refractivity contribution in [1.82, 2.24) is 19.7 Å². The van der Waals surface area contributed by atoms with E-state index in [4.69, 9.17) is 11.6 Å². The molecule has 0 aliphatic rings. The zero-order valence-corrected chi connectivity index (χ0v) is 22.7. The maximum absolute atomic E-state index is 12.7. The number of sulfonamides is 1. The van der Waals surface area contributed by atoms with Crippen molar-refractivity contribution in [2.24, 2.45) is 0 Å². The summed E-state index contributed by atoms with van der Waals surface area (Å²) < 4.78 is 29.3. The Kier molecular flexibility index (Phi) is 7.74. The summed E-state index contributed by atoms with van der Waals surface area (Å²) in [7, 11) is -3.77. The Hall–Kier alpha value is -3.71. The van der Waals surface area contributed by atoms with E-state index < -0.39 is 10.0 Å². The first-order chi connectivity index (χ1) is 18.4. The minimum Gasteiger partial charge on any atom is -0.325 e. The molecule has 0 atom stereocenters. The summed E-state index contributed by atoms with van der Waals surface area (Å²) >= 11 is 8.60. The fourth-order valence-corrected chi connectivity index (χ4v) is 6.21. The van der Waals surface area contributed by atoms with Crippen molar-refractivity contribution in [3.05, 3.63) is 95.5 Å². The first-order valence-corrected chi connectivity index (χ1v) is 14.8. The van der Waals surface area contributed by atoms with Gasteiger partial charge in [-0.25, -0.2) is 13.4 Å². The van der Waals surface area contributed by atoms with Gasteiger partial charge in [-0.3, -0.25) is 14.1 Å². The normalized spacial score (nSPS) is 11.3. The van der Waals surface area contributed by atoms with Gasteiger partial charge in [0.2, 0.25) is 5.91 Å². The minimum absolute atomic E-state index is 0.0598. The van der Waals surface area contributed by atoms with Gasteiger partial charge in [0.15, 0.2) is 16.1 Å². The standard InChI is InChI=1S/C25H19ClN6O3S3/c26-18-6-4-5-17(15-18)23-29-30-25(32(23)20-7-2-1-3-8-20)37-16-22(33)28-19-9-11-21(12-10-19)38(34,35)31-24-27-13-14-36-24/h1-15H,16H2,(H,27,31)(H,28,33). The Morgan fingerprint density at radius 1 is 1.00 bits per heavy atom. The summed E-state index contributed by atoms with van der Waals surface area (Å²) in [6, 6.07) is 22.8. The van der Waals surface area contributed by atoms with Crippen molar-refractivity contribution in [2.45, 2.75) is 10.1 Å². The highest BCUT2D eigenvalue weighted by Crippen LogP contribution is 2.29. The molecule has 5 rings (SSSR count). The molecule has 192 valence electrons. The third-order valence-electron chi connectivity index (χ3n) is 5.17. The van der Waals surface area contributed by atoms with Crippen LogP contribution in [0.1, 0.15) is 0 Å². The van der Waals surface area contributed by atoms with Crippen LogP contribution in [0.3, 0.4) is 0 Å². The van der Waals surface area contributed by atoms with E-state index in [1.807, 2.05) is 53.1 Å². The number of amides is 1. The number of thiazole rings is 1. The highest BCUT2D eigenvalue weighted by atomic mass is 35.5. The molecule has 0 bridgehead atoms. The number of nitrogens with one attached hydrogen (secondary N) is 2. The molecule has 3 aromatic carbocycles. The van der Waals surface area contributed by atoms with Crippen LogP contribution in [-0.4, -0.2) is 39.8 Å². The number of para-hydroxylation sites is 1. The molecule has 2 heterocycles. The van der Waals surface area contributed by atoms with Crippen LogP contribution in [0.25, 0.3) is 17.1 Å². The number of halogens is 1. The van der Waals surface area contributed by atoms with Crippen molar-refractivity contribution >= 4 is 61.4 Å². The quantitative estimate of drug-likeness (QED) is 0.218. The van der Waals surface area contributed by atoms with Crippen LogP contribution in [0.2, 0.25) is 5.02 Å². The lowest BCUT2D eigenvalue weighted by atomic mass is 10.2. The Morgan fingerprint density at radius 2 is 1.79 bits per heavy atom. The molecule has 0 aliphatic heterocycles. The third-order valence-corrected chi connectivity index (χ3v) is 8.50. The fourth-order valence-electron chi connectivity index (χ4n) is 3.48. The van der Waals surface area contributed by atoms with Crippen LogP contribution in [-0.2, 0) is 14.8 Å². The van der Waals surface area contributed by atoms with Crippen molar-refractivity contribution < 1.29 is 13.2 Å². The molecule has 0 aliphatic carbocycles. The first-order valence-electron chi connectivity index (χ1n) is 11.1. The Labute approximate surface area is 232 Å². The lowest BCUT2D eigenvalue weighted by molar-refractivity contribution is -0.113. The van der Waals surface area contributed by atoms with Gasteiger partial charge in [0.1, 0.15) is 0 Å². The summed E-state index contributed by atoms with van der Waals surface area (Å²) in [4.78, 5) is 16.7. The molecule has 0 saturated heterocycles. The summed E-state index contributed by atoms with van der Waals surface area (Å²) in [6.07, 6.45) is 1.51. The molecular weight excluding hydrogens is 564 g/mol. The summed E-state index contributed by atoms with van der Waals surface area (Å²) in [5.41, 5.74) is 2.11. The van der Waals surface area contributed by atoms with Crippen LogP contribution in [0.4, 0.5) is 10.8 Å². The maximum Gasteiger partial charge on any atom is 0.263 e. The molecule has 2 N–H and O–H groups in total. The van der Waals surface area contributed by atoms with E-state index in [0.29, 0.717) is 21.7 Å². The molecule has 38 heavy (non-hydrogen) atoms. The van der Waals surface area contributed by atoms with Gasteiger partial charge < -0.3 is 5.32 Å². The van der Waals surface area contributed by atoms with Gasteiger partial charge in [-0.2, -0.15) is 0 Å². The van der Waals surface area contributed by atoms with E-state index >= 15 is 0 Å². The number of carbonyl (C=O) groups excluding carboxylic acids is 1.